The van der Waals surface area contributed by atoms with Gasteiger partial charge < -0.3 is 15.6 Å². The fourth-order valence-corrected chi connectivity index (χ4v) is 8.82. The summed E-state index contributed by atoms with van der Waals surface area (Å²) >= 11 is 1.70. The lowest BCUT2D eigenvalue weighted by Crippen LogP contribution is -2.31. The Hall–Kier alpha value is -2.16. The number of hydrogen-bond donors (Lipinski definition) is 2. The van der Waals surface area contributed by atoms with E-state index in [9.17, 15) is 13.2 Å². The Kier molecular flexibility index (Phi) is 4.99. The Morgan fingerprint density at radius 3 is 2.52 bits per heavy atom. The SMILES string of the molecule is CN(C)Cc1cc(-c2cc(C(N)=O)c3[nH]cc(C4CC5CCC(C4)S5(=O)=O)c3c2)cs1. The zero-order chi connectivity index (χ0) is 21.9. The summed E-state index contributed by atoms with van der Waals surface area (Å²) in [5.74, 6) is -0.284. The molecule has 0 aliphatic carbocycles. The molecule has 2 fully saturated rings. The van der Waals surface area contributed by atoms with Crippen LogP contribution in [0.25, 0.3) is 22.0 Å². The lowest BCUT2D eigenvalue weighted by molar-refractivity contribution is 0.100. The number of rotatable bonds is 5. The van der Waals surface area contributed by atoms with Crippen molar-refractivity contribution in [3.05, 3.63) is 45.8 Å². The van der Waals surface area contributed by atoms with Gasteiger partial charge in [0.15, 0.2) is 9.84 Å². The Balaban J connectivity index is 1.59. The molecule has 4 heterocycles. The minimum atomic E-state index is -2.97. The number of amides is 1. The summed E-state index contributed by atoms with van der Waals surface area (Å²) < 4.78 is 25.1. The Morgan fingerprint density at radius 2 is 1.87 bits per heavy atom. The van der Waals surface area contributed by atoms with Crippen LogP contribution in [0.1, 0.15) is 52.4 Å². The van der Waals surface area contributed by atoms with Gasteiger partial charge in [-0.3, -0.25) is 4.79 Å². The number of primary amides is 1. The highest BCUT2D eigenvalue weighted by Crippen LogP contribution is 2.47. The molecule has 164 valence electrons. The van der Waals surface area contributed by atoms with Crippen molar-refractivity contribution in [2.45, 2.75) is 48.6 Å². The molecule has 2 saturated heterocycles. The number of aromatic nitrogens is 1. The third-order valence-electron chi connectivity index (χ3n) is 6.82. The minimum absolute atomic E-state index is 0.178. The minimum Gasteiger partial charge on any atom is -0.366 e. The number of nitrogens with two attached hydrogens (primary N) is 1. The van der Waals surface area contributed by atoms with Gasteiger partial charge in [0.1, 0.15) is 0 Å². The summed E-state index contributed by atoms with van der Waals surface area (Å²) in [5.41, 5.74) is 10.1. The maximum absolute atomic E-state index is 12.5. The second kappa shape index (κ2) is 7.46. The summed E-state index contributed by atoms with van der Waals surface area (Å²) in [6.45, 7) is 0.865. The maximum atomic E-state index is 12.5. The molecule has 2 aliphatic rings. The van der Waals surface area contributed by atoms with Crippen LogP contribution in [0.5, 0.6) is 0 Å². The fraction of sp³-hybridized carbons (Fsp3) is 0.435. The first-order valence-electron chi connectivity index (χ1n) is 10.6. The molecule has 2 atom stereocenters. The largest absolute Gasteiger partial charge is 0.366 e. The third-order valence-corrected chi connectivity index (χ3v) is 10.5. The number of carbonyl (C=O) groups excluding carboxylic acids is 1. The molecule has 1 aromatic carbocycles. The van der Waals surface area contributed by atoms with E-state index < -0.39 is 15.7 Å². The summed E-state index contributed by atoms with van der Waals surface area (Å²) in [6.07, 6.45) is 4.81. The molecule has 6 nitrogen and oxygen atoms in total. The van der Waals surface area contributed by atoms with E-state index in [1.165, 1.54) is 4.88 Å². The number of nitrogens with one attached hydrogen (secondary N) is 1. The second-order valence-electron chi connectivity index (χ2n) is 9.17. The molecule has 8 heteroatoms. The average Bonchev–Trinajstić information content (AvgIpc) is 3.34. The topological polar surface area (TPSA) is 96.3 Å². The van der Waals surface area contributed by atoms with Gasteiger partial charge in [-0.05, 0) is 86.0 Å². The number of hydrogen-bond acceptors (Lipinski definition) is 5. The molecule has 2 aromatic heterocycles. The van der Waals surface area contributed by atoms with Crippen LogP contribution in [0.3, 0.4) is 0 Å². The number of H-pyrrole nitrogens is 1. The van der Waals surface area contributed by atoms with Crippen LogP contribution in [0, 0.1) is 0 Å². The molecular weight excluding hydrogens is 430 g/mol. The van der Waals surface area contributed by atoms with E-state index >= 15 is 0 Å². The van der Waals surface area contributed by atoms with E-state index in [1.54, 1.807) is 11.3 Å². The van der Waals surface area contributed by atoms with Gasteiger partial charge in [0.2, 0.25) is 0 Å². The van der Waals surface area contributed by atoms with Crippen molar-refractivity contribution in [2.75, 3.05) is 14.1 Å². The quantitative estimate of drug-likeness (QED) is 0.608. The van der Waals surface area contributed by atoms with Gasteiger partial charge in [-0.25, -0.2) is 8.42 Å². The average molecular weight is 458 g/mol. The van der Waals surface area contributed by atoms with E-state index in [2.05, 4.69) is 27.4 Å². The predicted molar refractivity (Wildman–Crippen MR) is 125 cm³/mol. The number of carbonyl (C=O) groups is 1. The number of benzene rings is 1. The number of sulfone groups is 1. The van der Waals surface area contributed by atoms with Crippen LogP contribution >= 0.6 is 11.3 Å². The first-order chi connectivity index (χ1) is 14.7. The van der Waals surface area contributed by atoms with Crippen LogP contribution in [0.2, 0.25) is 0 Å². The molecule has 0 radical (unpaired) electrons. The van der Waals surface area contributed by atoms with Gasteiger partial charge in [-0.2, -0.15) is 0 Å². The first kappa shape index (κ1) is 20.7. The molecule has 2 unspecified atom stereocenters. The van der Waals surface area contributed by atoms with E-state index in [-0.39, 0.29) is 16.4 Å². The lowest BCUT2D eigenvalue weighted by atomic mass is 9.89. The standard InChI is InChI=1S/C23H27N3O3S2/c1-26(2)11-16-5-15(12-30-16)13-8-19-21(10-25-22(19)20(9-13)23(24)27)14-6-17-3-4-18(7-14)31(17,28)29/h5,8-10,12,14,17-18,25H,3-4,6-7,11H2,1-2H3,(H2,24,27). The van der Waals surface area contributed by atoms with Crippen molar-refractivity contribution in [3.63, 3.8) is 0 Å². The van der Waals surface area contributed by atoms with E-state index in [0.717, 1.165) is 47.0 Å². The second-order valence-corrected chi connectivity index (χ2v) is 12.7. The Labute approximate surface area is 186 Å². The zero-order valence-electron chi connectivity index (χ0n) is 17.7. The highest BCUT2D eigenvalue weighted by atomic mass is 32.2. The molecule has 0 spiro atoms. The predicted octanol–water partition coefficient (Wildman–Crippen LogP) is 3.88. The van der Waals surface area contributed by atoms with E-state index in [1.807, 2.05) is 26.4 Å². The molecule has 0 saturated carbocycles. The van der Waals surface area contributed by atoms with E-state index in [4.69, 9.17) is 5.73 Å². The first-order valence-corrected chi connectivity index (χ1v) is 13.1. The highest BCUT2D eigenvalue weighted by molar-refractivity contribution is 7.93. The van der Waals surface area contributed by atoms with Gasteiger partial charge in [0.05, 0.1) is 21.6 Å². The number of thiophene rings is 1. The summed E-state index contributed by atoms with van der Waals surface area (Å²) in [5, 5.41) is 2.64. The number of nitrogens with zero attached hydrogens (tertiary/aromatic N) is 1. The monoisotopic (exact) mass is 457 g/mol. The lowest BCUT2D eigenvalue weighted by Gasteiger charge is -2.27. The number of fused-ring (bicyclic) bond motifs is 3. The van der Waals surface area contributed by atoms with Crippen LogP contribution < -0.4 is 5.73 Å². The Bertz CT molecular complexity index is 1250. The summed E-state index contributed by atoms with van der Waals surface area (Å²) in [4.78, 5) is 18.9. The van der Waals surface area contributed by atoms with Crippen molar-refractivity contribution >= 4 is 38.0 Å². The van der Waals surface area contributed by atoms with E-state index in [0.29, 0.717) is 18.4 Å². The van der Waals surface area contributed by atoms with Crippen molar-refractivity contribution in [1.82, 2.24) is 9.88 Å². The Morgan fingerprint density at radius 1 is 1.16 bits per heavy atom. The molecule has 2 aliphatic heterocycles. The van der Waals surface area contributed by atoms with Crippen molar-refractivity contribution in [2.24, 2.45) is 5.73 Å². The van der Waals surface area contributed by atoms with Crippen molar-refractivity contribution in [3.8, 4) is 11.1 Å². The molecular formula is C23H27N3O3S2. The van der Waals surface area contributed by atoms with Crippen LogP contribution in [0.4, 0.5) is 0 Å². The summed E-state index contributed by atoms with van der Waals surface area (Å²) in [6, 6.07) is 6.15. The normalized spacial score (nSPS) is 24.8. The van der Waals surface area contributed by atoms with Crippen molar-refractivity contribution < 1.29 is 13.2 Å². The van der Waals surface area contributed by atoms with Gasteiger partial charge in [-0.15, -0.1) is 11.3 Å². The maximum Gasteiger partial charge on any atom is 0.250 e. The fourth-order valence-electron chi connectivity index (χ4n) is 5.34. The van der Waals surface area contributed by atoms with Gasteiger partial charge >= 0.3 is 0 Å². The van der Waals surface area contributed by atoms with Gasteiger partial charge in [-0.1, -0.05) is 0 Å². The molecule has 5 rings (SSSR count). The molecule has 3 aromatic rings. The van der Waals surface area contributed by atoms with Crippen LogP contribution in [0.15, 0.2) is 29.8 Å². The number of aromatic amines is 1. The molecule has 1 amide bonds. The highest BCUT2D eigenvalue weighted by Gasteiger charge is 2.47. The zero-order valence-corrected chi connectivity index (χ0v) is 19.4. The third kappa shape index (κ3) is 3.50. The van der Waals surface area contributed by atoms with Crippen molar-refractivity contribution in [1.29, 1.82) is 0 Å². The smallest absolute Gasteiger partial charge is 0.250 e. The van der Waals surface area contributed by atoms with Gasteiger partial charge in [0.25, 0.3) is 5.91 Å². The van der Waals surface area contributed by atoms with Gasteiger partial charge in [0, 0.05) is 23.0 Å². The van der Waals surface area contributed by atoms with Crippen LogP contribution in [-0.4, -0.2) is 48.8 Å². The molecule has 3 N–H and O–H groups in total. The molecule has 31 heavy (non-hydrogen) atoms. The summed E-state index contributed by atoms with van der Waals surface area (Å²) in [7, 11) is 1.11. The molecule has 2 bridgehead atoms. The van der Waals surface area contributed by atoms with Crippen LogP contribution in [-0.2, 0) is 16.4 Å².